The van der Waals surface area contributed by atoms with Gasteiger partial charge >= 0.3 is 0 Å². The first-order chi connectivity index (χ1) is 15.3. The van der Waals surface area contributed by atoms with Crippen LogP contribution in [-0.2, 0) is 19.4 Å². The molecule has 0 radical (unpaired) electrons. The molecule has 3 aromatic rings. The number of amides is 2. The Labute approximate surface area is 181 Å². The summed E-state index contributed by atoms with van der Waals surface area (Å²) in [6.45, 7) is 1.82. The van der Waals surface area contributed by atoms with Crippen molar-refractivity contribution >= 4 is 22.7 Å². The van der Waals surface area contributed by atoms with Gasteiger partial charge < -0.3 is 14.8 Å². The fourth-order valence-corrected chi connectivity index (χ4v) is 4.56. The highest BCUT2D eigenvalue weighted by Crippen LogP contribution is 2.30. The van der Waals surface area contributed by atoms with Gasteiger partial charge in [0.2, 0.25) is 0 Å². The number of rotatable bonds is 3. The summed E-state index contributed by atoms with van der Waals surface area (Å²) in [5, 5.41) is 7.69. The van der Waals surface area contributed by atoms with Crippen molar-refractivity contribution in [3.05, 3.63) is 52.2 Å². The maximum absolute atomic E-state index is 13.9. The fourth-order valence-electron chi connectivity index (χ4n) is 4.56. The summed E-state index contributed by atoms with van der Waals surface area (Å²) < 4.78 is 41.0. The number of likely N-dealkylation sites (tertiary alicyclic amines) is 1. The predicted octanol–water partition coefficient (Wildman–Crippen LogP) is 3.27. The largest absolute Gasteiger partial charge is 0.350 e. The van der Waals surface area contributed by atoms with Crippen LogP contribution in [0.25, 0.3) is 10.9 Å². The maximum atomic E-state index is 13.9. The van der Waals surface area contributed by atoms with Crippen molar-refractivity contribution in [3.8, 4) is 0 Å². The number of aromatic amines is 2. The highest BCUT2D eigenvalue weighted by Gasteiger charge is 2.42. The summed E-state index contributed by atoms with van der Waals surface area (Å²) in [5.41, 5.74) is 3.07. The molecule has 32 heavy (non-hydrogen) atoms. The van der Waals surface area contributed by atoms with Crippen LogP contribution in [0.4, 0.5) is 13.2 Å². The van der Waals surface area contributed by atoms with E-state index in [4.69, 9.17) is 0 Å². The summed E-state index contributed by atoms with van der Waals surface area (Å²) in [7, 11) is 0. The van der Waals surface area contributed by atoms with Crippen molar-refractivity contribution < 1.29 is 22.8 Å². The maximum Gasteiger partial charge on any atom is 0.274 e. The molecule has 0 spiro atoms. The molecule has 0 aliphatic carbocycles. The number of aromatic nitrogens is 3. The van der Waals surface area contributed by atoms with Gasteiger partial charge in [0, 0.05) is 48.1 Å². The lowest BCUT2D eigenvalue weighted by Crippen LogP contribution is -2.37. The smallest absolute Gasteiger partial charge is 0.274 e. The standard InChI is InChI=1S/C22H22F3N5O2/c1-2-12-7-13(23)8-17-14(12)9-18(26-17)20(31)29-5-3-16-15(10-29)19(28-27-16)21(32)30-6-4-22(24,25)11-30/h7-9,26H,2-6,10-11H2,1H3,(H,27,28). The topological polar surface area (TPSA) is 85.1 Å². The van der Waals surface area contributed by atoms with Crippen LogP contribution in [0.2, 0.25) is 0 Å². The van der Waals surface area contributed by atoms with Gasteiger partial charge in [-0.1, -0.05) is 6.92 Å². The van der Waals surface area contributed by atoms with E-state index in [2.05, 4.69) is 15.2 Å². The lowest BCUT2D eigenvalue weighted by Gasteiger charge is -2.27. The van der Waals surface area contributed by atoms with Crippen LogP contribution in [0.1, 0.15) is 51.1 Å². The quantitative estimate of drug-likeness (QED) is 0.649. The summed E-state index contributed by atoms with van der Waals surface area (Å²) >= 11 is 0. The zero-order valence-corrected chi connectivity index (χ0v) is 17.5. The van der Waals surface area contributed by atoms with E-state index in [0.29, 0.717) is 36.2 Å². The molecular formula is C22H22F3N5O2. The number of nitrogens with one attached hydrogen (secondary N) is 2. The van der Waals surface area contributed by atoms with Crippen LogP contribution >= 0.6 is 0 Å². The minimum Gasteiger partial charge on any atom is -0.350 e. The Bertz CT molecular complexity index is 1230. The van der Waals surface area contributed by atoms with Gasteiger partial charge in [-0.2, -0.15) is 5.10 Å². The van der Waals surface area contributed by atoms with Gasteiger partial charge in [0.1, 0.15) is 11.5 Å². The van der Waals surface area contributed by atoms with Crippen LogP contribution < -0.4 is 0 Å². The van der Waals surface area contributed by atoms with Crippen molar-refractivity contribution in [1.82, 2.24) is 25.0 Å². The second-order valence-corrected chi connectivity index (χ2v) is 8.40. The minimum absolute atomic E-state index is 0.0263. The van der Waals surface area contributed by atoms with Crippen molar-refractivity contribution in [1.29, 1.82) is 0 Å². The molecule has 1 aromatic carbocycles. The predicted molar refractivity (Wildman–Crippen MR) is 110 cm³/mol. The van der Waals surface area contributed by atoms with E-state index in [0.717, 1.165) is 21.5 Å². The number of aryl methyl sites for hydroxylation is 1. The van der Waals surface area contributed by atoms with Gasteiger partial charge in [0.05, 0.1) is 13.1 Å². The Morgan fingerprint density at radius 3 is 2.69 bits per heavy atom. The number of benzene rings is 1. The Morgan fingerprint density at radius 2 is 1.97 bits per heavy atom. The fraction of sp³-hybridized carbons (Fsp3) is 0.409. The Morgan fingerprint density at radius 1 is 1.16 bits per heavy atom. The number of nitrogens with zero attached hydrogens (tertiary/aromatic N) is 3. The van der Waals surface area contributed by atoms with Crippen molar-refractivity contribution in [2.75, 3.05) is 19.6 Å². The summed E-state index contributed by atoms with van der Waals surface area (Å²) in [6.07, 6.45) is 0.728. The summed E-state index contributed by atoms with van der Waals surface area (Å²) in [4.78, 5) is 31.7. The average molecular weight is 445 g/mol. The van der Waals surface area contributed by atoms with E-state index in [1.807, 2.05) is 6.92 Å². The Balaban J connectivity index is 1.40. The SMILES string of the molecule is CCc1cc(F)cc2[nH]c(C(=O)N3CCc4[nH]nc(C(=O)N5CCC(F)(F)C5)c4C3)cc12. The normalized spacial score (nSPS) is 17.8. The molecule has 2 amide bonds. The second kappa shape index (κ2) is 7.39. The molecule has 0 unspecified atom stereocenters. The van der Waals surface area contributed by atoms with Gasteiger partial charge in [-0.3, -0.25) is 14.7 Å². The van der Waals surface area contributed by atoms with Crippen LogP contribution in [0.15, 0.2) is 18.2 Å². The summed E-state index contributed by atoms with van der Waals surface area (Å²) in [5.74, 6) is -4.09. The summed E-state index contributed by atoms with van der Waals surface area (Å²) in [6, 6.07) is 4.54. The van der Waals surface area contributed by atoms with E-state index in [9.17, 15) is 22.8 Å². The van der Waals surface area contributed by atoms with Crippen LogP contribution in [0, 0.1) is 5.82 Å². The highest BCUT2D eigenvalue weighted by molar-refractivity contribution is 5.99. The number of hydrogen-bond donors (Lipinski definition) is 2. The Kier molecular flexibility index (Phi) is 4.75. The van der Waals surface area contributed by atoms with Crippen molar-refractivity contribution in [2.24, 2.45) is 0 Å². The molecule has 0 bridgehead atoms. The Hall–Kier alpha value is -3.30. The van der Waals surface area contributed by atoms with E-state index < -0.39 is 18.4 Å². The molecule has 1 saturated heterocycles. The number of carbonyl (C=O) groups excluding carboxylic acids is 2. The van der Waals surface area contributed by atoms with Crippen molar-refractivity contribution in [3.63, 3.8) is 0 Å². The van der Waals surface area contributed by atoms with E-state index in [-0.39, 0.29) is 36.9 Å². The molecule has 2 aliphatic heterocycles. The first kappa shape index (κ1) is 20.6. The second-order valence-electron chi connectivity index (χ2n) is 8.40. The molecule has 1 fully saturated rings. The third-order valence-electron chi connectivity index (χ3n) is 6.28. The zero-order valence-electron chi connectivity index (χ0n) is 17.5. The lowest BCUT2D eigenvalue weighted by molar-refractivity contribution is 0.0119. The van der Waals surface area contributed by atoms with Gasteiger partial charge in [-0.05, 0) is 30.2 Å². The molecule has 0 atom stereocenters. The first-order valence-corrected chi connectivity index (χ1v) is 10.6. The first-order valence-electron chi connectivity index (χ1n) is 10.6. The third kappa shape index (κ3) is 3.43. The van der Waals surface area contributed by atoms with Crippen LogP contribution in [0.5, 0.6) is 0 Å². The number of halogens is 3. The molecule has 2 N–H and O–H groups in total. The lowest BCUT2D eigenvalue weighted by atomic mass is 10.0. The van der Waals surface area contributed by atoms with Gasteiger partial charge in [-0.15, -0.1) is 0 Å². The van der Waals surface area contributed by atoms with Gasteiger partial charge in [0.25, 0.3) is 17.7 Å². The average Bonchev–Trinajstić information content (AvgIpc) is 3.47. The number of carbonyl (C=O) groups is 2. The number of fused-ring (bicyclic) bond motifs is 2. The van der Waals surface area contributed by atoms with E-state index >= 15 is 0 Å². The minimum atomic E-state index is -2.89. The number of H-pyrrole nitrogens is 2. The highest BCUT2D eigenvalue weighted by atomic mass is 19.3. The molecule has 7 nitrogen and oxygen atoms in total. The number of hydrogen-bond acceptors (Lipinski definition) is 3. The van der Waals surface area contributed by atoms with E-state index in [1.165, 1.54) is 12.1 Å². The molecule has 168 valence electrons. The van der Waals surface area contributed by atoms with Crippen molar-refractivity contribution in [2.45, 2.75) is 38.7 Å². The monoisotopic (exact) mass is 445 g/mol. The molecule has 0 saturated carbocycles. The molecular weight excluding hydrogens is 423 g/mol. The third-order valence-corrected chi connectivity index (χ3v) is 6.28. The molecule has 4 heterocycles. The molecule has 2 aliphatic rings. The van der Waals surface area contributed by atoms with E-state index in [1.54, 1.807) is 11.0 Å². The molecule has 5 rings (SSSR count). The van der Waals surface area contributed by atoms with Gasteiger partial charge in [-0.25, -0.2) is 13.2 Å². The zero-order chi connectivity index (χ0) is 22.6. The number of alkyl halides is 2. The van der Waals surface area contributed by atoms with Crippen LogP contribution in [0.3, 0.4) is 0 Å². The van der Waals surface area contributed by atoms with Crippen LogP contribution in [-0.4, -0.2) is 62.4 Å². The molecule has 10 heteroatoms. The molecule has 2 aromatic heterocycles. The van der Waals surface area contributed by atoms with Gasteiger partial charge in [0.15, 0.2) is 5.69 Å².